The number of carbonyl (C=O) groups is 2. The molecule has 0 heterocycles. The minimum Gasteiger partial charge on any atom is -0.481 e. The Labute approximate surface area is 72.3 Å². The van der Waals surface area contributed by atoms with Crippen molar-refractivity contribution in [3.63, 3.8) is 0 Å². The predicted octanol–water partition coefficient (Wildman–Crippen LogP) is 0.524. The van der Waals surface area contributed by atoms with E-state index in [2.05, 4.69) is 0 Å². The number of hydrogen-bond acceptors (Lipinski definition) is 3. The van der Waals surface area contributed by atoms with Gasteiger partial charge in [-0.3, -0.25) is 9.59 Å². The van der Waals surface area contributed by atoms with Crippen molar-refractivity contribution >= 4 is 35.5 Å². The lowest BCUT2D eigenvalue weighted by Crippen LogP contribution is -2.31. The topological polar surface area (TPSA) is 77.8 Å². The van der Waals surface area contributed by atoms with Gasteiger partial charge >= 0.3 is 11.9 Å². The van der Waals surface area contributed by atoms with Gasteiger partial charge in [-0.2, -0.15) is 0 Å². The third kappa shape index (κ3) is 4.02. The Morgan fingerprint density at radius 2 is 1.82 bits per heavy atom. The van der Waals surface area contributed by atoms with Gasteiger partial charge in [-0.05, 0) is 23.6 Å². The minimum atomic E-state index is -1.41. The van der Waals surface area contributed by atoms with Crippen LogP contribution in [0.3, 0.4) is 0 Å². The summed E-state index contributed by atoms with van der Waals surface area (Å²) >= 11 is 10.1. The maximum absolute atomic E-state index is 10.2. The molecule has 0 aromatic rings. The van der Waals surface area contributed by atoms with Crippen LogP contribution in [0.1, 0.15) is 6.42 Å². The van der Waals surface area contributed by atoms with Crippen molar-refractivity contribution in [3.8, 4) is 0 Å². The molecule has 7 heteroatoms. The Bertz CT molecular complexity index is 171. The number of nitrogens with zero attached hydrogens (tertiary/aromatic N) is 1. The van der Waals surface area contributed by atoms with Crippen molar-refractivity contribution < 1.29 is 19.8 Å². The first-order valence-electron chi connectivity index (χ1n) is 2.50. The third-order valence-corrected chi connectivity index (χ3v) is 1.36. The zero-order valence-electron chi connectivity index (χ0n) is 5.20. The average molecular weight is 202 g/mol. The summed E-state index contributed by atoms with van der Waals surface area (Å²) in [5.74, 6) is -2.65. The van der Waals surface area contributed by atoms with E-state index in [1.165, 1.54) is 0 Å². The molecule has 0 aromatic carbocycles. The molecule has 0 spiro atoms. The Morgan fingerprint density at radius 1 is 1.36 bits per heavy atom. The van der Waals surface area contributed by atoms with Crippen LogP contribution in [-0.2, 0) is 9.59 Å². The van der Waals surface area contributed by atoms with E-state index >= 15 is 0 Å². The standard InChI is InChI=1S/C4H5Cl2NO4/c5-7(6)2(4(10)11)1-3(8)9/h2H,1H2,(H,8,9)(H,10,11)/t2-/m0/s1. The first-order valence-corrected chi connectivity index (χ1v) is 3.18. The molecule has 0 aliphatic rings. The lowest BCUT2D eigenvalue weighted by atomic mass is 10.2. The summed E-state index contributed by atoms with van der Waals surface area (Å²) in [6.45, 7) is 0. The van der Waals surface area contributed by atoms with Crippen LogP contribution in [0.15, 0.2) is 0 Å². The summed E-state index contributed by atoms with van der Waals surface area (Å²) in [6.07, 6.45) is -0.637. The molecule has 5 nitrogen and oxygen atoms in total. The quantitative estimate of drug-likeness (QED) is 0.649. The van der Waals surface area contributed by atoms with E-state index in [0.29, 0.717) is 3.94 Å². The molecule has 0 rings (SSSR count). The summed E-state index contributed by atoms with van der Waals surface area (Å²) in [5, 5.41) is 16.5. The third-order valence-electron chi connectivity index (χ3n) is 0.889. The zero-order chi connectivity index (χ0) is 9.02. The molecule has 0 radical (unpaired) electrons. The van der Waals surface area contributed by atoms with Gasteiger partial charge in [-0.25, -0.2) is 0 Å². The molecule has 0 saturated carbocycles. The largest absolute Gasteiger partial charge is 0.481 e. The van der Waals surface area contributed by atoms with Crippen LogP contribution < -0.4 is 0 Å². The van der Waals surface area contributed by atoms with Gasteiger partial charge in [-0.1, -0.05) is 0 Å². The van der Waals surface area contributed by atoms with Gasteiger partial charge in [0, 0.05) is 0 Å². The van der Waals surface area contributed by atoms with E-state index in [0.717, 1.165) is 0 Å². The van der Waals surface area contributed by atoms with Gasteiger partial charge in [0.1, 0.15) is 6.04 Å². The molecular formula is C4H5Cl2NO4. The van der Waals surface area contributed by atoms with Crippen molar-refractivity contribution in [2.75, 3.05) is 0 Å². The second-order valence-corrected chi connectivity index (χ2v) is 2.61. The van der Waals surface area contributed by atoms with E-state index in [1.54, 1.807) is 0 Å². The van der Waals surface area contributed by atoms with Gasteiger partial charge in [0.2, 0.25) is 0 Å². The second-order valence-electron chi connectivity index (χ2n) is 1.71. The summed E-state index contributed by atoms with van der Waals surface area (Å²) in [6, 6.07) is -1.41. The highest BCUT2D eigenvalue weighted by Crippen LogP contribution is 2.10. The molecule has 0 saturated heterocycles. The van der Waals surface area contributed by atoms with Crippen molar-refractivity contribution in [3.05, 3.63) is 0 Å². The van der Waals surface area contributed by atoms with Gasteiger partial charge in [0.25, 0.3) is 0 Å². The van der Waals surface area contributed by atoms with Crippen LogP contribution >= 0.6 is 23.6 Å². The maximum atomic E-state index is 10.2. The second kappa shape index (κ2) is 4.38. The van der Waals surface area contributed by atoms with Crippen LogP contribution in [0.5, 0.6) is 0 Å². The van der Waals surface area contributed by atoms with Gasteiger partial charge in [-0.15, -0.1) is 3.94 Å². The number of carboxylic acid groups (broad SMARTS) is 2. The monoisotopic (exact) mass is 201 g/mol. The fourth-order valence-electron chi connectivity index (χ4n) is 0.405. The van der Waals surface area contributed by atoms with Gasteiger partial charge in [0.05, 0.1) is 6.42 Å². The first-order chi connectivity index (χ1) is 4.95. The predicted molar refractivity (Wildman–Crippen MR) is 37.2 cm³/mol. The highest BCUT2D eigenvalue weighted by atomic mass is 35.5. The van der Waals surface area contributed by atoms with E-state index in [-0.39, 0.29) is 0 Å². The Balaban J connectivity index is 4.12. The molecular weight excluding hydrogens is 197 g/mol. The molecule has 0 aliphatic carbocycles. The Morgan fingerprint density at radius 3 is 1.91 bits per heavy atom. The molecule has 2 N–H and O–H groups in total. The van der Waals surface area contributed by atoms with Gasteiger partial charge < -0.3 is 10.2 Å². The number of hydrogen-bond donors (Lipinski definition) is 2. The normalized spacial score (nSPS) is 13.0. The zero-order valence-corrected chi connectivity index (χ0v) is 6.71. The highest BCUT2D eigenvalue weighted by Gasteiger charge is 2.25. The Kier molecular flexibility index (Phi) is 4.17. The van der Waals surface area contributed by atoms with Crippen molar-refractivity contribution in [1.29, 1.82) is 0 Å². The lowest BCUT2D eigenvalue weighted by Gasteiger charge is -2.11. The van der Waals surface area contributed by atoms with Gasteiger partial charge in [0.15, 0.2) is 0 Å². The van der Waals surface area contributed by atoms with Crippen LogP contribution in [0, 0.1) is 0 Å². The van der Waals surface area contributed by atoms with E-state index in [1.807, 2.05) is 0 Å². The molecule has 0 aromatic heterocycles. The van der Waals surface area contributed by atoms with Crippen LogP contribution in [0.25, 0.3) is 0 Å². The molecule has 0 bridgehead atoms. The van der Waals surface area contributed by atoms with Crippen LogP contribution in [-0.4, -0.2) is 32.1 Å². The van der Waals surface area contributed by atoms with Crippen molar-refractivity contribution in [2.24, 2.45) is 0 Å². The number of halogens is 2. The summed E-state index contributed by atoms with van der Waals surface area (Å²) in [5.41, 5.74) is 0. The Hall–Kier alpha value is -0.520. The smallest absolute Gasteiger partial charge is 0.324 e. The summed E-state index contributed by atoms with van der Waals surface area (Å²) < 4.78 is 0.302. The number of carboxylic acids is 2. The van der Waals surface area contributed by atoms with Crippen molar-refractivity contribution in [1.82, 2.24) is 3.94 Å². The number of aliphatic carboxylic acids is 2. The van der Waals surface area contributed by atoms with E-state index in [4.69, 9.17) is 33.8 Å². The number of rotatable bonds is 4. The van der Waals surface area contributed by atoms with E-state index < -0.39 is 24.4 Å². The highest BCUT2D eigenvalue weighted by molar-refractivity contribution is 6.35. The maximum Gasteiger partial charge on any atom is 0.324 e. The van der Waals surface area contributed by atoms with Crippen LogP contribution in [0.2, 0.25) is 0 Å². The molecule has 0 fully saturated rings. The lowest BCUT2D eigenvalue weighted by molar-refractivity contribution is -0.146. The fraction of sp³-hybridized carbons (Fsp3) is 0.500. The fourth-order valence-corrected chi connectivity index (χ4v) is 0.710. The van der Waals surface area contributed by atoms with Crippen LogP contribution in [0.4, 0.5) is 0 Å². The molecule has 1 atom stereocenters. The van der Waals surface area contributed by atoms with E-state index in [9.17, 15) is 9.59 Å². The first kappa shape index (κ1) is 10.5. The summed E-state index contributed by atoms with van der Waals surface area (Å²) in [7, 11) is 0. The molecule has 64 valence electrons. The SMILES string of the molecule is O=C(O)C[C@@H](C(=O)O)N(Cl)Cl. The van der Waals surface area contributed by atoms with Crippen molar-refractivity contribution in [2.45, 2.75) is 12.5 Å². The molecule has 0 unspecified atom stereocenters. The summed E-state index contributed by atoms with van der Waals surface area (Å²) in [4.78, 5) is 20.2. The molecule has 0 aliphatic heterocycles. The average Bonchev–Trinajstić information content (AvgIpc) is 1.81. The molecule has 0 amide bonds. The molecule has 11 heavy (non-hydrogen) atoms. The minimum absolute atomic E-state index is 0.302.